The van der Waals surface area contributed by atoms with E-state index >= 15 is 0 Å². The van der Waals surface area contributed by atoms with Crippen molar-refractivity contribution in [2.24, 2.45) is 5.92 Å². The lowest BCUT2D eigenvalue weighted by Gasteiger charge is -2.39. The number of ether oxygens (including phenoxy) is 1. The molecule has 21 heavy (non-hydrogen) atoms. The van der Waals surface area contributed by atoms with Crippen LogP contribution in [0.1, 0.15) is 31.1 Å². The largest absolute Gasteiger partial charge is 0.444 e. The molecule has 2 amide bonds. The summed E-state index contributed by atoms with van der Waals surface area (Å²) in [6.45, 7) is 7.38. The Kier molecular flexibility index (Phi) is 4.50. The third kappa shape index (κ3) is 4.48. The summed E-state index contributed by atoms with van der Waals surface area (Å²) in [7, 11) is 0. The van der Waals surface area contributed by atoms with Gasteiger partial charge in [0.25, 0.3) is 5.91 Å². The lowest BCUT2D eigenvalue weighted by atomic mass is 10.0. The van der Waals surface area contributed by atoms with E-state index in [0.29, 0.717) is 31.1 Å². The molecule has 1 N–H and O–H groups in total. The minimum Gasteiger partial charge on any atom is -0.444 e. The molecule has 0 aromatic heterocycles. The van der Waals surface area contributed by atoms with E-state index in [0.717, 1.165) is 0 Å². The average molecular weight is 290 g/mol. The molecule has 2 rings (SSSR count). The maximum absolute atomic E-state index is 11.9. The molecule has 0 unspecified atom stereocenters. The summed E-state index contributed by atoms with van der Waals surface area (Å²) in [6, 6.07) is 9.11. The van der Waals surface area contributed by atoms with Crippen LogP contribution in [0.2, 0.25) is 0 Å². The molecule has 0 spiro atoms. The van der Waals surface area contributed by atoms with Crippen molar-refractivity contribution in [3.63, 3.8) is 0 Å². The Balaban J connectivity index is 1.69. The Bertz CT molecular complexity index is 502. The summed E-state index contributed by atoms with van der Waals surface area (Å²) in [5, 5.41) is 2.89. The van der Waals surface area contributed by atoms with E-state index in [1.807, 2.05) is 39.0 Å². The molecule has 1 fully saturated rings. The van der Waals surface area contributed by atoms with E-state index in [9.17, 15) is 9.59 Å². The SMILES string of the molecule is CC(C)(C)OC(=O)N1CC(CNC(=O)c2ccccc2)C1. The summed E-state index contributed by atoms with van der Waals surface area (Å²) in [6.07, 6.45) is -0.284. The first-order chi connectivity index (χ1) is 9.85. The molecule has 5 nitrogen and oxygen atoms in total. The van der Waals surface area contributed by atoms with E-state index in [4.69, 9.17) is 4.74 Å². The van der Waals surface area contributed by atoms with Gasteiger partial charge in [-0.3, -0.25) is 4.79 Å². The minimum atomic E-state index is -0.469. The molecule has 1 aromatic rings. The standard InChI is InChI=1S/C16H22N2O3/c1-16(2,3)21-15(20)18-10-12(11-18)9-17-14(19)13-7-5-4-6-8-13/h4-8,12H,9-11H2,1-3H3,(H,17,19). The van der Waals surface area contributed by atoms with Crippen LogP contribution in [0.3, 0.4) is 0 Å². The van der Waals surface area contributed by atoms with Gasteiger partial charge in [-0.2, -0.15) is 0 Å². The number of nitrogens with zero attached hydrogens (tertiary/aromatic N) is 1. The third-order valence-electron chi connectivity index (χ3n) is 3.20. The zero-order valence-corrected chi connectivity index (χ0v) is 12.8. The summed E-state index contributed by atoms with van der Waals surface area (Å²) in [5.74, 6) is 0.219. The first-order valence-electron chi connectivity index (χ1n) is 7.16. The van der Waals surface area contributed by atoms with Gasteiger partial charge in [-0.05, 0) is 32.9 Å². The number of nitrogens with one attached hydrogen (secondary N) is 1. The fraction of sp³-hybridized carbons (Fsp3) is 0.500. The molecule has 1 aliphatic rings. The van der Waals surface area contributed by atoms with Crippen molar-refractivity contribution in [3.8, 4) is 0 Å². The Morgan fingerprint density at radius 2 is 1.86 bits per heavy atom. The number of carbonyl (C=O) groups excluding carboxylic acids is 2. The van der Waals surface area contributed by atoms with E-state index in [1.54, 1.807) is 17.0 Å². The molecule has 0 radical (unpaired) electrons. The normalized spacial score (nSPS) is 15.3. The van der Waals surface area contributed by atoms with Gasteiger partial charge in [-0.25, -0.2) is 4.79 Å². The van der Waals surface area contributed by atoms with E-state index in [1.165, 1.54) is 0 Å². The highest BCUT2D eigenvalue weighted by atomic mass is 16.6. The molecule has 0 saturated carbocycles. The monoisotopic (exact) mass is 290 g/mol. The fourth-order valence-corrected chi connectivity index (χ4v) is 2.10. The van der Waals surface area contributed by atoms with Crippen molar-refractivity contribution >= 4 is 12.0 Å². The maximum atomic E-state index is 11.9. The zero-order valence-electron chi connectivity index (χ0n) is 12.8. The molecule has 1 aromatic carbocycles. The number of amides is 2. The van der Waals surface area contributed by atoms with Gasteiger partial charge in [0.2, 0.25) is 0 Å². The highest BCUT2D eigenvalue weighted by molar-refractivity contribution is 5.94. The second-order valence-corrected chi connectivity index (χ2v) is 6.33. The van der Waals surface area contributed by atoms with Gasteiger partial charge in [0, 0.05) is 31.1 Å². The number of hydrogen-bond donors (Lipinski definition) is 1. The fourth-order valence-electron chi connectivity index (χ4n) is 2.10. The number of benzene rings is 1. The van der Waals surface area contributed by atoms with Crippen molar-refractivity contribution in [3.05, 3.63) is 35.9 Å². The Labute approximate surface area is 125 Å². The van der Waals surface area contributed by atoms with Gasteiger partial charge < -0.3 is 15.0 Å². The van der Waals surface area contributed by atoms with Crippen LogP contribution in [0.4, 0.5) is 4.79 Å². The maximum Gasteiger partial charge on any atom is 0.410 e. The molecule has 114 valence electrons. The Morgan fingerprint density at radius 3 is 2.43 bits per heavy atom. The number of likely N-dealkylation sites (tertiary alicyclic amines) is 1. The summed E-state index contributed by atoms with van der Waals surface area (Å²) >= 11 is 0. The summed E-state index contributed by atoms with van der Waals surface area (Å²) in [5.41, 5.74) is 0.185. The number of hydrogen-bond acceptors (Lipinski definition) is 3. The second kappa shape index (κ2) is 6.16. The Hall–Kier alpha value is -2.04. The summed E-state index contributed by atoms with van der Waals surface area (Å²) < 4.78 is 5.28. The van der Waals surface area contributed by atoms with Crippen LogP contribution in [-0.4, -0.2) is 42.1 Å². The number of carbonyl (C=O) groups is 2. The molecule has 0 bridgehead atoms. The molecule has 1 heterocycles. The second-order valence-electron chi connectivity index (χ2n) is 6.33. The first kappa shape index (κ1) is 15.4. The topological polar surface area (TPSA) is 58.6 Å². The van der Waals surface area contributed by atoms with Crippen LogP contribution in [-0.2, 0) is 4.74 Å². The van der Waals surface area contributed by atoms with Crippen molar-refractivity contribution in [2.45, 2.75) is 26.4 Å². The van der Waals surface area contributed by atoms with Gasteiger partial charge in [-0.1, -0.05) is 18.2 Å². The quantitative estimate of drug-likeness (QED) is 0.929. The van der Waals surface area contributed by atoms with Crippen LogP contribution in [0.15, 0.2) is 30.3 Å². The van der Waals surface area contributed by atoms with Crippen molar-refractivity contribution in [2.75, 3.05) is 19.6 Å². The van der Waals surface area contributed by atoms with Crippen LogP contribution in [0.5, 0.6) is 0 Å². The minimum absolute atomic E-state index is 0.0775. The zero-order chi connectivity index (χ0) is 15.5. The van der Waals surface area contributed by atoms with Gasteiger partial charge in [0.1, 0.15) is 5.60 Å². The van der Waals surface area contributed by atoms with Gasteiger partial charge in [-0.15, -0.1) is 0 Å². The highest BCUT2D eigenvalue weighted by Crippen LogP contribution is 2.19. The Morgan fingerprint density at radius 1 is 1.24 bits per heavy atom. The van der Waals surface area contributed by atoms with Crippen LogP contribution in [0, 0.1) is 5.92 Å². The van der Waals surface area contributed by atoms with Crippen molar-refractivity contribution in [1.82, 2.24) is 10.2 Å². The lowest BCUT2D eigenvalue weighted by Crippen LogP contribution is -2.54. The lowest BCUT2D eigenvalue weighted by molar-refractivity contribution is -0.000531. The molecule has 1 saturated heterocycles. The third-order valence-corrected chi connectivity index (χ3v) is 3.20. The van der Waals surface area contributed by atoms with Gasteiger partial charge >= 0.3 is 6.09 Å². The molecular weight excluding hydrogens is 268 g/mol. The first-order valence-corrected chi connectivity index (χ1v) is 7.16. The van der Waals surface area contributed by atoms with Gasteiger partial charge in [0.05, 0.1) is 0 Å². The predicted octanol–water partition coefficient (Wildman–Crippen LogP) is 2.28. The van der Waals surface area contributed by atoms with E-state index in [-0.39, 0.29) is 12.0 Å². The predicted molar refractivity (Wildman–Crippen MR) is 80.1 cm³/mol. The van der Waals surface area contributed by atoms with E-state index in [2.05, 4.69) is 5.32 Å². The van der Waals surface area contributed by atoms with E-state index < -0.39 is 5.60 Å². The average Bonchev–Trinajstić information content (AvgIpc) is 2.35. The van der Waals surface area contributed by atoms with Crippen LogP contribution >= 0.6 is 0 Å². The smallest absolute Gasteiger partial charge is 0.410 e. The summed E-state index contributed by atoms with van der Waals surface area (Å²) in [4.78, 5) is 25.3. The highest BCUT2D eigenvalue weighted by Gasteiger charge is 2.33. The molecule has 1 aliphatic heterocycles. The number of rotatable bonds is 3. The van der Waals surface area contributed by atoms with Gasteiger partial charge in [0.15, 0.2) is 0 Å². The van der Waals surface area contributed by atoms with Crippen molar-refractivity contribution < 1.29 is 14.3 Å². The molecule has 0 aliphatic carbocycles. The van der Waals surface area contributed by atoms with Crippen LogP contribution in [0.25, 0.3) is 0 Å². The molecule has 0 atom stereocenters. The molecular formula is C16H22N2O3. The van der Waals surface area contributed by atoms with Crippen molar-refractivity contribution in [1.29, 1.82) is 0 Å². The van der Waals surface area contributed by atoms with Crippen LogP contribution < -0.4 is 5.32 Å². The molecule has 5 heteroatoms.